The molecule has 11 heteroatoms. The lowest BCUT2D eigenvalue weighted by molar-refractivity contribution is -0.255. The van der Waals surface area contributed by atoms with Gasteiger partial charge in [0.25, 0.3) is 0 Å². The molecule has 2 heterocycles. The topological polar surface area (TPSA) is 138 Å². The van der Waals surface area contributed by atoms with Crippen LogP contribution in [0, 0.1) is 5.92 Å². The Morgan fingerprint density at radius 2 is 1.59 bits per heavy atom. The second kappa shape index (κ2) is 16.9. The zero-order chi connectivity index (χ0) is 35.0. The van der Waals surface area contributed by atoms with Gasteiger partial charge in [-0.05, 0) is 76.0 Å². The highest BCUT2D eigenvalue weighted by Crippen LogP contribution is 2.42. The molecule has 0 unspecified atom stereocenters. The number of piperidine rings is 1. The Kier molecular flexibility index (Phi) is 12.7. The first kappa shape index (κ1) is 36.8. The van der Waals surface area contributed by atoms with Crippen LogP contribution in [0.4, 0.5) is 4.79 Å². The van der Waals surface area contributed by atoms with Crippen LogP contribution in [0.2, 0.25) is 0 Å². The molecular formula is C38H54N4O7. The van der Waals surface area contributed by atoms with Crippen molar-refractivity contribution >= 4 is 17.9 Å². The van der Waals surface area contributed by atoms with E-state index in [1.165, 1.54) is 19.3 Å². The van der Waals surface area contributed by atoms with Gasteiger partial charge in [-0.2, -0.15) is 0 Å². The molecule has 2 saturated heterocycles. The molecule has 2 aliphatic heterocycles. The Bertz CT molecular complexity index is 1390. The molecule has 49 heavy (non-hydrogen) atoms. The summed E-state index contributed by atoms with van der Waals surface area (Å²) < 4.78 is 18.2. The monoisotopic (exact) mass is 678 g/mol. The highest BCUT2D eigenvalue weighted by molar-refractivity contribution is 5.82. The molecule has 4 N–H and O–H groups in total. The average molecular weight is 679 g/mol. The first-order chi connectivity index (χ1) is 23.5. The maximum absolute atomic E-state index is 13.7. The molecule has 5 rings (SSSR count). The Morgan fingerprint density at radius 1 is 0.898 bits per heavy atom. The summed E-state index contributed by atoms with van der Waals surface area (Å²) in [7, 11) is 0. The van der Waals surface area contributed by atoms with Gasteiger partial charge in [0.05, 0.1) is 31.5 Å². The number of carbonyl (C=O) groups is 3. The molecular weight excluding hydrogens is 624 g/mol. The van der Waals surface area contributed by atoms with Crippen molar-refractivity contribution in [2.75, 3.05) is 19.7 Å². The number of likely N-dealkylation sites (tertiary alicyclic amines) is 1. The third kappa shape index (κ3) is 10.3. The van der Waals surface area contributed by atoms with Gasteiger partial charge in [0.2, 0.25) is 5.91 Å². The van der Waals surface area contributed by atoms with E-state index in [9.17, 15) is 19.5 Å². The van der Waals surface area contributed by atoms with Gasteiger partial charge in [0.1, 0.15) is 6.54 Å². The number of aliphatic hydroxyl groups is 1. The van der Waals surface area contributed by atoms with E-state index in [2.05, 4.69) is 20.9 Å². The number of fused-ring (bicyclic) bond motifs is 1. The lowest BCUT2D eigenvalue weighted by atomic mass is 9.75. The van der Waals surface area contributed by atoms with Crippen molar-refractivity contribution in [1.82, 2.24) is 20.9 Å². The normalized spacial score (nSPS) is 25.9. The summed E-state index contributed by atoms with van der Waals surface area (Å²) in [5.41, 5.74) is 3.27. The van der Waals surface area contributed by atoms with Crippen LogP contribution in [0.5, 0.6) is 0 Å². The molecule has 1 saturated carbocycles. The zero-order valence-electron chi connectivity index (χ0n) is 29.4. The first-order valence-corrected chi connectivity index (χ1v) is 17.9. The van der Waals surface area contributed by atoms with Crippen LogP contribution in [0.1, 0.15) is 107 Å². The minimum Gasteiger partial charge on any atom is -0.465 e. The highest BCUT2D eigenvalue weighted by Gasteiger charge is 2.44. The number of hydrogen-bond donors (Lipinski definition) is 4. The summed E-state index contributed by atoms with van der Waals surface area (Å²) in [4.78, 5) is 39.8. The van der Waals surface area contributed by atoms with Crippen molar-refractivity contribution in [2.24, 2.45) is 5.92 Å². The number of ether oxygens (including phenoxy) is 3. The summed E-state index contributed by atoms with van der Waals surface area (Å²) in [6.07, 6.45) is 6.23. The van der Waals surface area contributed by atoms with Crippen LogP contribution in [0.3, 0.4) is 0 Å². The molecule has 3 aliphatic rings. The van der Waals surface area contributed by atoms with Crippen molar-refractivity contribution < 1.29 is 33.7 Å². The maximum atomic E-state index is 13.7. The maximum Gasteiger partial charge on any atom is 0.325 e. The van der Waals surface area contributed by atoms with E-state index in [0.717, 1.165) is 41.5 Å². The molecule has 3 fully saturated rings. The first-order valence-electron chi connectivity index (χ1n) is 17.9. The number of urea groups is 1. The van der Waals surface area contributed by atoms with Crippen LogP contribution in [-0.4, -0.2) is 71.3 Å². The van der Waals surface area contributed by atoms with Crippen molar-refractivity contribution in [3.05, 3.63) is 70.8 Å². The third-order valence-electron chi connectivity index (χ3n) is 9.74. The zero-order valence-corrected chi connectivity index (χ0v) is 29.4. The van der Waals surface area contributed by atoms with Crippen LogP contribution >= 0.6 is 0 Å². The van der Waals surface area contributed by atoms with Crippen LogP contribution in [0.15, 0.2) is 48.5 Å². The van der Waals surface area contributed by atoms with Crippen LogP contribution < -0.4 is 16.0 Å². The standard InChI is InChI=1S/C38H54N4O7/c1-5-47-34(44)22-40-37(46)39-21-25-10-16-29(17-11-25)36-48-30(20-33(49-36)28-14-12-26(24-43)13-15-28)23-42-31-9-7-6-8-27(31)18-19-32(42)35(45)41-38(2,3)4/h10-17,27,30-33,36,43H,5-9,18-24H2,1-4H3,(H,41,45)(H2,39,40,46)/t27-,30-,31-,32-,33+,36+/m1/s1. The highest BCUT2D eigenvalue weighted by atomic mass is 16.7. The third-order valence-corrected chi connectivity index (χ3v) is 9.74. The lowest BCUT2D eigenvalue weighted by Gasteiger charge is -2.50. The fourth-order valence-corrected chi connectivity index (χ4v) is 7.40. The van der Waals surface area contributed by atoms with Crippen molar-refractivity contribution in [2.45, 2.75) is 122 Å². The summed E-state index contributed by atoms with van der Waals surface area (Å²) in [5.74, 6) is 0.200. The molecule has 2 aromatic rings. The molecule has 1 aliphatic carbocycles. The molecule has 0 bridgehead atoms. The summed E-state index contributed by atoms with van der Waals surface area (Å²) in [6.45, 7) is 8.76. The van der Waals surface area contributed by atoms with E-state index in [4.69, 9.17) is 14.2 Å². The fraction of sp³-hybridized carbons (Fsp3) is 0.605. The number of hydrogen-bond acceptors (Lipinski definition) is 8. The molecule has 3 amide bonds. The fourth-order valence-electron chi connectivity index (χ4n) is 7.40. The molecule has 0 spiro atoms. The quantitative estimate of drug-likeness (QED) is 0.243. The van der Waals surface area contributed by atoms with Crippen molar-refractivity contribution in [1.29, 1.82) is 0 Å². The molecule has 11 nitrogen and oxygen atoms in total. The van der Waals surface area contributed by atoms with Gasteiger partial charge in [-0.1, -0.05) is 61.4 Å². The predicted molar refractivity (Wildman–Crippen MR) is 185 cm³/mol. The molecule has 6 atom stereocenters. The minimum atomic E-state index is -0.634. The number of carbonyl (C=O) groups excluding carboxylic acids is 3. The van der Waals surface area contributed by atoms with Crippen molar-refractivity contribution in [3.63, 3.8) is 0 Å². The van der Waals surface area contributed by atoms with Gasteiger partial charge >= 0.3 is 12.0 Å². The Morgan fingerprint density at radius 3 is 2.29 bits per heavy atom. The van der Waals surface area contributed by atoms with Gasteiger partial charge in [0, 0.05) is 36.7 Å². The molecule has 2 aromatic carbocycles. The largest absolute Gasteiger partial charge is 0.465 e. The SMILES string of the molecule is CCOC(=O)CNC(=O)NCc1ccc([C@H]2O[C@@H](CN3[C@@H](C(=O)NC(C)(C)C)CC[C@H]4CCCC[C@H]43)C[C@@H](c3ccc(CO)cc3)O2)cc1. The Balaban J connectivity index is 1.32. The van der Waals surface area contributed by atoms with E-state index in [-0.39, 0.29) is 56.0 Å². The smallest absolute Gasteiger partial charge is 0.325 e. The van der Waals surface area contributed by atoms with Gasteiger partial charge < -0.3 is 35.3 Å². The van der Waals surface area contributed by atoms with E-state index < -0.39 is 18.3 Å². The second-order valence-corrected chi connectivity index (χ2v) is 14.6. The number of benzene rings is 2. The second-order valence-electron chi connectivity index (χ2n) is 14.6. The van der Waals surface area contributed by atoms with Gasteiger partial charge in [-0.3, -0.25) is 14.5 Å². The van der Waals surface area contributed by atoms with Crippen molar-refractivity contribution in [3.8, 4) is 0 Å². The van der Waals surface area contributed by atoms with Gasteiger partial charge in [0.15, 0.2) is 6.29 Å². The number of aliphatic hydroxyl groups excluding tert-OH is 1. The van der Waals surface area contributed by atoms with E-state index in [0.29, 0.717) is 24.9 Å². The summed E-state index contributed by atoms with van der Waals surface area (Å²) in [5, 5.41) is 18.1. The number of esters is 1. The number of rotatable bonds is 11. The minimum absolute atomic E-state index is 0.0238. The lowest BCUT2D eigenvalue weighted by Crippen LogP contribution is -2.61. The molecule has 0 aromatic heterocycles. The average Bonchev–Trinajstić information content (AvgIpc) is 3.09. The van der Waals surface area contributed by atoms with E-state index >= 15 is 0 Å². The number of amides is 3. The summed E-state index contributed by atoms with van der Waals surface area (Å²) in [6, 6.07) is 15.3. The van der Waals surface area contributed by atoms with Crippen LogP contribution in [-0.2, 0) is 37.0 Å². The Labute approximate surface area is 290 Å². The number of nitrogens with one attached hydrogen (secondary N) is 3. The van der Waals surface area contributed by atoms with Crippen LogP contribution in [0.25, 0.3) is 0 Å². The van der Waals surface area contributed by atoms with Gasteiger partial charge in [-0.25, -0.2) is 4.79 Å². The number of nitrogens with zero attached hydrogens (tertiary/aromatic N) is 1. The Hall–Kier alpha value is -3.51. The molecule has 0 radical (unpaired) electrons. The van der Waals surface area contributed by atoms with E-state index in [1.54, 1.807) is 6.92 Å². The molecule has 268 valence electrons. The predicted octanol–water partition coefficient (Wildman–Crippen LogP) is 5.02. The summed E-state index contributed by atoms with van der Waals surface area (Å²) >= 11 is 0. The van der Waals surface area contributed by atoms with E-state index in [1.807, 2.05) is 69.3 Å². The van der Waals surface area contributed by atoms with Gasteiger partial charge in [-0.15, -0.1) is 0 Å².